The minimum absolute atomic E-state index is 0.893. The van der Waals surface area contributed by atoms with Crippen LogP contribution in [0.3, 0.4) is 0 Å². The molecule has 4 heteroatoms. The van der Waals surface area contributed by atoms with Gasteiger partial charge in [-0.25, -0.2) is 0 Å². The molecule has 0 amide bonds. The number of aromatic nitrogens is 2. The number of nitrogens with one attached hydrogen (secondary N) is 1. The molecule has 1 aromatic heterocycles. The van der Waals surface area contributed by atoms with Gasteiger partial charge in [0.05, 0.1) is 11.4 Å². The van der Waals surface area contributed by atoms with Gasteiger partial charge in [0, 0.05) is 30.3 Å². The Bertz CT molecular complexity index is 493. The van der Waals surface area contributed by atoms with Crippen molar-refractivity contribution in [2.75, 3.05) is 12.3 Å². The molecule has 0 atom stereocenters. The molecule has 1 aromatic carbocycles. The van der Waals surface area contributed by atoms with E-state index in [9.17, 15) is 0 Å². The lowest BCUT2D eigenvalue weighted by Crippen LogP contribution is -2.19. The minimum atomic E-state index is 0.893. The minimum Gasteiger partial charge on any atom is -0.310 e. The van der Waals surface area contributed by atoms with Gasteiger partial charge in [-0.3, -0.25) is 4.68 Å². The zero-order valence-corrected chi connectivity index (χ0v) is 12.4. The zero-order valence-electron chi connectivity index (χ0n) is 11.6. The highest BCUT2D eigenvalue weighted by Gasteiger charge is 2.02. The van der Waals surface area contributed by atoms with Crippen LogP contribution in [0, 0.1) is 6.92 Å². The third-order valence-electron chi connectivity index (χ3n) is 2.88. The SMILES string of the molecule is CCn1nc(C)cc1CNCCSc1ccccc1. The van der Waals surface area contributed by atoms with Crippen molar-refractivity contribution in [3.63, 3.8) is 0 Å². The van der Waals surface area contributed by atoms with E-state index in [1.165, 1.54) is 10.6 Å². The Morgan fingerprint density at radius 3 is 2.79 bits per heavy atom. The van der Waals surface area contributed by atoms with Gasteiger partial charge in [-0.15, -0.1) is 11.8 Å². The fourth-order valence-electron chi connectivity index (χ4n) is 1.99. The van der Waals surface area contributed by atoms with E-state index < -0.39 is 0 Å². The third kappa shape index (κ3) is 4.40. The van der Waals surface area contributed by atoms with E-state index in [0.717, 1.165) is 31.1 Å². The molecular formula is C15H21N3S. The Labute approximate surface area is 119 Å². The molecule has 0 spiro atoms. The summed E-state index contributed by atoms with van der Waals surface area (Å²) < 4.78 is 2.06. The number of benzene rings is 1. The Morgan fingerprint density at radius 1 is 1.26 bits per heavy atom. The van der Waals surface area contributed by atoms with Gasteiger partial charge in [-0.1, -0.05) is 18.2 Å². The van der Waals surface area contributed by atoms with Crippen LogP contribution in [0.5, 0.6) is 0 Å². The molecule has 0 unspecified atom stereocenters. The van der Waals surface area contributed by atoms with Crippen LogP contribution in [0.1, 0.15) is 18.3 Å². The van der Waals surface area contributed by atoms with Crippen LogP contribution in [0.2, 0.25) is 0 Å². The predicted octanol–water partition coefficient (Wildman–Crippen LogP) is 3.09. The van der Waals surface area contributed by atoms with Crippen molar-refractivity contribution in [3.05, 3.63) is 47.8 Å². The summed E-state index contributed by atoms with van der Waals surface area (Å²) in [5, 5.41) is 7.93. The average Bonchev–Trinajstić information content (AvgIpc) is 2.80. The van der Waals surface area contributed by atoms with E-state index in [2.05, 4.69) is 58.4 Å². The second-order valence-electron chi connectivity index (χ2n) is 4.43. The molecule has 0 bridgehead atoms. The van der Waals surface area contributed by atoms with E-state index in [1.54, 1.807) is 0 Å². The predicted molar refractivity (Wildman–Crippen MR) is 81.5 cm³/mol. The third-order valence-corrected chi connectivity index (χ3v) is 3.90. The molecule has 1 N–H and O–H groups in total. The second-order valence-corrected chi connectivity index (χ2v) is 5.60. The van der Waals surface area contributed by atoms with Crippen LogP contribution >= 0.6 is 11.8 Å². The molecule has 0 aliphatic carbocycles. The monoisotopic (exact) mass is 275 g/mol. The molecule has 0 aliphatic rings. The van der Waals surface area contributed by atoms with Gasteiger partial charge in [0.15, 0.2) is 0 Å². The van der Waals surface area contributed by atoms with Crippen LogP contribution in [0.15, 0.2) is 41.3 Å². The van der Waals surface area contributed by atoms with E-state index in [4.69, 9.17) is 0 Å². The van der Waals surface area contributed by atoms with Crippen molar-refractivity contribution >= 4 is 11.8 Å². The van der Waals surface area contributed by atoms with Gasteiger partial charge in [0.2, 0.25) is 0 Å². The van der Waals surface area contributed by atoms with E-state index in [-0.39, 0.29) is 0 Å². The highest BCUT2D eigenvalue weighted by molar-refractivity contribution is 7.99. The number of aryl methyl sites for hydroxylation is 2. The van der Waals surface area contributed by atoms with E-state index in [0.29, 0.717) is 0 Å². The van der Waals surface area contributed by atoms with Crippen LogP contribution in [0.4, 0.5) is 0 Å². The molecular weight excluding hydrogens is 254 g/mol. The standard InChI is InChI=1S/C15H21N3S/c1-3-18-14(11-13(2)17-18)12-16-9-10-19-15-7-5-4-6-8-15/h4-8,11,16H,3,9-10,12H2,1-2H3. The van der Waals surface area contributed by atoms with E-state index >= 15 is 0 Å². The average molecular weight is 275 g/mol. The summed E-state index contributed by atoms with van der Waals surface area (Å²) >= 11 is 1.89. The summed E-state index contributed by atoms with van der Waals surface area (Å²) in [6.07, 6.45) is 0. The van der Waals surface area contributed by atoms with Crippen LogP contribution < -0.4 is 5.32 Å². The van der Waals surface area contributed by atoms with Crippen LogP contribution in [-0.4, -0.2) is 22.1 Å². The van der Waals surface area contributed by atoms with Gasteiger partial charge in [0.25, 0.3) is 0 Å². The number of rotatable bonds is 7. The summed E-state index contributed by atoms with van der Waals surface area (Å²) in [6, 6.07) is 12.7. The van der Waals surface area contributed by atoms with Gasteiger partial charge >= 0.3 is 0 Å². The number of nitrogens with zero attached hydrogens (tertiary/aromatic N) is 2. The van der Waals surface area contributed by atoms with Gasteiger partial charge in [0.1, 0.15) is 0 Å². The lowest BCUT2D eigenvalue weighted by molar-refractivity contribution is 0.588. The lowest BCUT2D eigenvalue weighted by atomic mass is 10.3. The first-order valence-electron chi connectivity index (χ1n) is 6.71. The first-order valence-corrected chi connectivity index (χ1v) is 7.70. The summed E-state index contributed by atoms with van der Waals surface area (Å²) in [5.74, 6) is 1.09. The number of hydrogen-bond donors (Lipinski definition) is 1. The fourth-order valence-corrected chi connectivity index (χ4v) is 2.82. The molecule has 0 aliphatic heterocycles. The first kappa shape index (κ1) is 14.2. The van der Waals surface area contributed by atoms with Crippen molar-refractivity contribution in [2.24, 2.45) is 0 Å². The molecule has 0 radical (unpaired) electrons. The molecule has 3 nitrogen and oxygen atoms in total. The molecule has 1 heterocycles. The molecule has 2 aromatic rings. The topological polar surface area (TPSA) is 29.9 Å². The quantitative estimate of drug-likeness (QED) is 0.622. The summed E-state index contributed by atoms with van der Waals surface area (Å²) in [7, 11) is 0. The highest BCUT2D eigenvalue weighted by Crippen LogP contribution is 2.15. The molecule has 2 rings (SSSR count). The maximum Gasteiger partial charge on any atom is 0.0597 e. The summed E-state index contributed by atoms with van der Waals surface area (Å²) in [6.45, 7) is 7.00. The molecule has 19 heavy (non-hydrogen) atoms. The Morgan fingerprint density at radius 2 is 2.05 bits per heavy atom. The summed E-state index contributed by atoms with van der Waals surface area (Å²) in [4.78, 5) is 1.33. The maximum atomic E-state index is 4.45. The fraction of sp³-hybridized carbons (Fsp3) is 0.400. The van der Waals surface area contributed by atoms with Crippen LogP contribution in [-0.2, 0) is 13.1 Å². The van der Waals surface area contributed by atoms with Crippen molar-refractivity contribution in [1.82, 2.24) is 15.1 Å². The molecule has 102 valence electrons. The summed E-state index contributed by atoms with van der Waals surface area (Å²) in [5.41, 5.74) is 2.36. The lowest BCUT2D eigenvalue weighted by Gasteiger charge is -2.06. The van der Waals surface area contributed by atoms with Crippen LogP contribution in [0.25, 0.3) is 0 Å². The Hall–Kier alpha value is -1.26. The molecule has 0 saturated carbocycles. The molecule has 0 saturated heterocycles. The normalized spacial score (nSPS) is 10.8. The first-order chi connectivity index (χ1) is 9.29. The smallest absolute Gasteiger partial charge is 0.0597 e. The van der Waals surface area contributed by atoms with Crippen molar-refractivity contribution in [2.45, 2.75) is 31.8 Å². The van der Waals surface area contributed by atoms with Crippen molar-refractivity contribution < 1.29 is 0 Å². The van der Waals surface area contributed by atoms with Gasteiger partial charge < -0.3 is 5.32 Å². The van der Waals surface area contributed by atoms with Crippen molar-refractivity contribution in [3.8, 4) is 0 Å². The van der Waals surface area contributed by atoms with E-state index in [1.807, 2.05) is 18.7 Å². The highest BCUT2D eigenvalue weighted by atomic mass is 32.2. The Kier molecular flexibility index (Phi) is 5.48. The van der Waals surface area contributed by atoms with Gasteiger partial charge in [-0.2, -0.15) is 5.10 Å². The molecule has 0 fully saturated rings. The number of thioether (sulfide) groups is 1. The Balaban J connectivity index is 1.69. The van der Waals surface area contributed by atoms with Gasteiger partial charge in [-0.05, 0) is 32.0 Å². The zero-order chi connectivity index (χ0) is 13.5. The van der Waals surface area contributed by atoms with Crippen molar-refractivity contribution in [1.29, 1.82) is 0 Å². The largest absolute Gasteiger partial charge is 0.310 e. The second kappa shape index (κ2) is 7.36. The number of hydrogen-bond acceptors (Lipinski definition) is 3. The maximum absolute atomic E-state index is 4.45.